The third-order valence-corrected chi connectivity index (χ3v) is 2.81. The van der Waals surface area contributed by atoms with E-state index >= 15 is 0 Å². The van der Waals surface area contributed by atoms with E-state index in [1.54, 1.807) is 13.8 Å². The fraction of sp³-hybridized carbons (Fsp3) is 0.429. The van der Waals surface area contributed by atoms with Gasteiger partial charge in [0, 0.05) is 13.1 Å². The van der Waals surface area contributed by atoms with Crippen molar-refractivity contribution >= 4 is 12.0 Å². The summed E-state index contributed by atoms with van der Waals surface area (Å²) < 4.78 is 0. The molecule has 0 unspecified atom stereocenters. The standard InChI is InChI=1S/C14H20N2O3/c1-10-5-4-6-11(7-10)8-15-13(19)16-9-14(2,3)12(17)18/h4-7H,8-9H2,1-3H3,(H,17,18)(H2,15,16,19). The van der Waals surface area contributed by atoms with E-state index in [0.29, 0.717) is 6.54 Å². The molecule has 0 spiro atoms. The van der Waals surface area contributed by atoms with Gasteiger partial charge >= 0.3 is 12.0 Å². The zero-order chi connectivity index (χ0) is 14.5. The van der Waals surface area contributed by atoms with Gasteiger partial charge in [-0.3, -0.25) is 4.79 Å². The maximum absolute atomic E-state index is 11.6. The number of carboxylic acids is 1. The minimum absolute atomic E-state index is 0.0853. The summed E-state index contributed by atoms with van der Waals surface area (Å²) in [4.78, 5) is 22.4. The molecule has 2 amide bonds. The first-order valence-electron chi connectivity index (χ1n) is 6.12. The van der Waals surface area contributed by atoms with Crippen molar-refractivity contribution in [3.05, 3.63) is 35.4 Å². The molecule has 0 aliphatic carbocycles. The quantitative estimate of drug-likeness (QED) is 0.760. The number of benzene rings is 1. The normalized spacial score (nSPS) is 10.9. The molecule has 104 valence electrons. The van der Waals surface area contributed by atoms with Crippen molar-refractivity contribution in [2.75, 3.05) is 6.54 Å². The average molecular weight is 264 g/mol. The van der Waals surface area contributed by atoms with Gasteiger partial charge < -0.3 is 15.7 Å². The van der Waals surface area contributed by atoms with Gasteiger partial charge in [0.15, 0.2) is 0 Å². The Morgan fingerprint density at radius 2 is 1.95 bits per heavy atom. The number of carboxylic acid groups (broad SMARTS) is 1. The van der Waals surface area contributed by atoms with Gasteiger partial charge in [0.1, 0.15) is 0 Å². The van der Waals surface area contributed by atoms with E-state index in [1.165, 1.54) is 0 Å². The Kier molecular flexibility index (Phi) is 4.92. The van der Waals surface area contributed by atoms with E-state index in [0.717, 1.165) is 11.1 Å². The van der Waals surface area contributed by atoms with Crippen molar-refractivity contribution in [2.24, 2.45) is 5.41 Å². The predicted octanol–water partition coefficient (Wildman–Crippen LogP) is 1.91. The Balaban J connectivity index is 2.39. The second-order valence-corrected chi connectivity index (χ2v) is 5.21. The van der Waals surface area contributed by atoms with Crippen LogP contribution >= 0.6 is 0 Å². The topological polar surface area (TPSA) is 78.4 Å². The number of amides is 2. The molecule has 0 aliphatic rings. The van der Waals surface area contributed by atoms with E-state index < -0.39 is 11.4 Å². The Bertz CT molecular complexity index is 470. The highest BCUT2D eigenvalue weighted by atomic mass is 16.4. The molecule has 1 rings (SSSR count). The molecule has 0 bridgehead atoms. The van der Waals surface area contributed by atoms with Gasteiger partial charge in [0.05, 0.1) is 5.41 Å². The summed E-state index contributed by atoms with van der Waals surface area (Å²) in [7, 11) is 0. The summed E-state index contributed by atoms with van der Waals surface area (Å²) in [5.41, 5.74) is 1.17. The van der Waals surface area contributed by atoms with Crippen molar-refractivity contribution < 1.29 is 14.7 Å². The Morgan fingerprint density at radius 1 is 1.26 bits per heavy atom. The number of nitrogens with one attached hydrogen (secondary N) is 2. The first kappa shape index (κ1) is 15.0. The second kappa shape index (κ2) is 6.22. The van der Waals surface area contributed by atoms with Crippen molar-refractivity contribution in [1.29, 1.82) is 0 Å². The van der Waals surface area contributed by atoms with Crippen LogP contribution in [0.1, 0.15) is 25.0 Å². The van der Waals surface area contributed by atoms with Crippen LogP contribution in [0.3, 0.4) is 0 Å². The number of carbonyl (C=O) groups is 2. The Morgan fingerprint density at radius 3 is 2.53 bits per heavy atom. The second-order valence-electron chi connectivity index (χ2n) is 5.21. The monoisotopic (exact) mass is 264 g/mol. The first-order valence-corrected chi connectivity index (χ1v) is 6.12. The third-order valence-electron chi connectivity index (χ3n) is 2.81. The van der Waals surface area contributed by atoms with Gasteiger partial charge in [-0.15, -0.1) is 0 Å². The molecule has 0 saturated carbocycles. The van der Waals surface area contributed by atoms with Crippen LogP contribution in [-0.4, -0.2) is 23.7 Å². The number of aryl methyl sites for hydroxylation is 1. The maximum Gasteiger partial charge on any atom is 0.315 e. The van der Waals surface area contributed by atoms with Crippen LogP contribution in [0, 0.1) is 12.3 Å². The number of hydrogen-bond acceptors (Lipinski definition) is 2. The van der Waals surface area contributed by atoms with E-state index in [1.807, 2.05) is 31.2 Å². The molecule has 0 fully saturated rings. The fourth-order valence-electron chi connectivity index (χ4n) is 1.44. The Hall–Kier alpha value is -2.04. The number of aliphatic carboxylic acids is 1. The summed E-state index contributed by atoms with van der Waals surface area (Å²) >= 11 is 0. The van der Waals surface area contributed by atoms with Crippen LogP contribution < -0.4 is 10.6 Å². The molecule has 0 atom stereocenters. The summed E-state index contributed by atoms with van der Waals surface area (Å²) in [6.07, 6.45) is 0. The summed E-state index contributed by atoms with van der Waals surface area (Å²) in [5, 5.41) is 14.2. The number of carbonyl (C=O) groups excluding carboxylic acids is 1. The van der Waals surface area contributed by atoms with E-state index in [2.05, 4.69) is 10.6 Å². The maximum atomic E-state index is 11.6. The van der Waals surface area contributed by atoms with Crippen LogP contribution in [0.2, 0.25) is 0 Å². The smallest absolute Gasteiger partial charge is 0.315 e. The first-order chi connectivity index (χ1) is 8.81. The number of urea groups is 1. The van der Waals surface area contributed by atoms with Gasteiger partial charge in [-0.05, 0) is 26.3 Å². The molecule has 1 aromatic rings. The molecule has 5 heteroatoms. The van der Waals surface area contributed by atoms with Gasteiger partial charge in [-0.1, -0.05) is 29.8 Å². The zero-order valence-electron chi connectivity index (χ0n) is 11.5. The van der Waals surface area contributed by atoms with E-state index in [-0.39, 0.29) is 12.6 Å². The molecular weight excluding hydrogens is 244 g/mol. The average Bonchev–Trinajstić information content (AvgIpc) is 2.34. The zero-order valence-corrected chi connectivity index (χ0v) is 11.5. The molecule has 0 saturated heterocycles. The van der Waals surface area contributed by atoms with Crippen molar-refractivity contribution in [2.45, 2.75) is 27.3 Å². The van der Waals surface area contributed by atoms with E-state index in [9.17, 15) is 9.59 Å². The summed E-state index contributed by atoms with van der Waals surface area (Å²) in [6, 6.07) is 7.46. The molecule has 1 aromatic carbocycles. The minimum atomic E-state index is -0.972. The van der Waals surface area contributed by atoms with Crippen LogP contribution in [0.5, 0.6) is 0 Å². The highest BCUT2D eigenvalue weighted by Crippen LogP contribution is 2.12. The Labute approximate surface area is 113 Å². The SMILES string of the molecule is Cc1cccc(CNC(=O)NCC(C)(C)C(=O)O)c1. The van der Waals surface area contributed by atoms with Crippen LogP contribution in [0.25, 0.3) is 0 Å². The summed E-state index contributed by atoms with van der Waals surface area (Å²) in [5.74, 6) is -0.938. The van der Waals surface area contributed by atoms with Gasteiger partial charge in [0.2, 0.25) is 0 Å². The molecule has 0 heterocycles. The highest BCUT2D eigenvalue weighted by Gasteiger charge is 2.27. The summed E-state index contributed by atoms with van der Waals surface area (Å²) in [6.45, 7) is 5.62. The van der Waals surface area contributed by atoms with Crippen LogP contribution in [-0.2, 0) is 11.3 Å². The molecule has 3 N–H and O–H groups in total. The molecular formula is C14H20N2O3. The largest absolute Gasteiger partial charge is 0.481 e. The lowest BCUT2D eigenvalue weighted by Gasteiger charge is -2.19. The fourth-order valence-corrected chi connectivity index (χ4v) is 1.44. The minimum Gasteiger partial charge on any atom is -0.481 e. The molecule has 5 nitrogen and oxygen atoms in total. The molecule has 0 aromatic heterocycles. The van der Waals surface area contributed by atoms with Crippen LogP contribution in [0.4, 0.5) is 4.79 Å². The van der Waals surface area contributed by atoms with Gasteiger partial charge in [0.25, 0.3) is 0 Å². The number of rotatable bonds is 5. The molecule has 19 heavy (non-hydrogen) atoms. The third kappa shape index (κ3) is 4.99. The van der Waals surface area contributed by atoms with Gasteiger partial charge in [-0.2, -0.15) is 0 Å². The van der Waals surface area contributed by atoms with Crippen molar-refractivity contribution in [3.63, 3.8) is 0 Å². The molecule has 0 aliphatic heterocycles. The lowest BCUT2D eigenvalue weighted by atomic mass is 9.94. The highest BCUT2D eigenvalue weighted by molar-refractivity contribution is 5.77. The van der Waals surface area contributed by atoms with Crippen LogP contribution in [0.15, 0.2) is 24.3 Å². The van der Waals surface area contributed by atoms with E-state index in [4.69, 9.17) is 5.11 Å². The lowest BCUT2D eigenvalue weighted by molar-refractivity contribution is -0.146. The lowest BCUT2D eigenvalue weighted by Crippen LogP contribution is -2.43. The predicted molar refractivity (Wildman–Crippen MR) is 72.8 cm³/mol. The number of hydrogen-bond donors (Lipinski definition) is 3. The van der Waals surface area contributed by atoms with Gasteiger partial charge in [-0.25, -0.2) is 4.79 Å². The van der Waals surface area contributed by atoms with Crippen molar-refractivity contribution in [3.8, 4) is 0 Å². The van der Waals surface area contributed by atoms with Crippen molar-refractivity contribution in [1.82, 2.24) is 10.6 Å². The molecule has 0 radical (unpaired) electrons.